The van der Waals surface area contributed by atoms with Crippen LogP contribution in [0.25, 0.3) is 11.0 Å². The van der Waals surface area contributed by atoms with E-state index in [0.717, 1.165) is 28.9 Å². The summed E-state index contributed by atoms with van der Waals surface area (Å²) in [6.45, 7) is 1.02. The number of hydrogen-bond acceptors (Lipinski definition) is 4. The van der Waals surface area contributed by atoms with Gasteiger partial charge < -0.3 is 4.90 Å². The summed E-state index contributed by atoms with van der Waals surface area (Å²) in [6.07, 6.45) is 4.98. The summed E-state index contributed by atoms with van der Waals surface area (Å²) in [7, 11) is 0. The van der Waals surface area contributed by atoms with Gasteiger partial charge in [-0.1, -0.05) is 40.9 Å². The molecule has 0 radical (unpaired) electrons. The lowest BCUT2D eigenvalue weighted by atomic mass is 10.1. The van der Waals surface area contributed by atoms with Gasteiger partial charge in [-0.2, -0.15) is 0 Å². The first-order valence-corrected chi connectivity index (χ1v) is 7.93. The topological polar surface area (TPSA) is 41.9 Å². The number of rotatable bonds is 2. The largest absolute Gasteiger partial charge is 0.336 e. The molecule has 3 rings (SSSR count). The van der Waals surface area contributed by atoms with Gasteiger partial charge in [0.1, 0.15) is 5.52 Å². The Morgan fingerprint density at radius 2 is 1.95 bits per heavy atom. The molecule has 0 N–H and O–H groups in total. The standard InChI is InChI=1S/C14H17BrN4/c15-10-11-6-2-1-5-9-19(11)14-16-12-7-3-4-8-13(12)17-18-14/h3-4,7-8,11H,1-2,5-6,9-10H2. The molecule has 0 spiro atoms. The van der Waals surface area contributed by atoms with Crippen LogP contribution in [-0.4, -0.2) is 33.1 Å². The second-order valence-electron chi connectivity index (χ2n) is 4.95. The maximum Gasteiger partial charge on any atom is 0.246 e. The van der Waals surface area contributed by atoms with Crippen LogP contribution < -0.4 is 4.90 Å². The fraction of sp³-hybridized carbons (Fsp3) is 0.500. The first kappa shape index (κ1) is 12.8. The van der Waals surface area contributed by atoms with Crippen LogP contribution in [0, 0.1) is 0 Å². The molecule has 1 aromatic heterocycles. The lowest BCUT2D eigenvalue weighted by molar-refractivity contribution is 0.612. The van der Waals surface area contributed by atoms with Crippen LogP contribution in [-0.2, 0) is 0 Å². The molecule has 2 heterocycles. The van der Waals surface area contributed by atoms with Crippen molar-refractivity contribution in [1.82, 2.24) is 15.2 Å². The van der Waals surface area contributed by atoms with E-state index in [1.54, 1.807) is 0 Å². The number of hydrogen-bond donors (Lipinski definition) is 0. The number of fused-ring (bicyclic) bond motifs is 1. The molecule has 19 heavy (non-hydrogen) atoms. The fourth-order valence-electron chi connectivity index (χ4n) is 2.59. The highest BCUT2D eigenvalue weighted by atomic mass is 79.9. The molecule has 100 valence electrons. The summed E-state index contributed by atoms with van der Waals surface area (Å²) < 4.78 is 0. The van der Waals surface area contributed by atoms with E-state index < -0.39 is 0 Å². The van der Waals surface area contributed by atoms with Crippen molar-refractivity contribution < 1.29 is 0 Å². The van der Waals surface area contributed by atoms with Gasteiger partial charge in [-0.15, -0.1) is 10.2 Å². The molecule has 5 heteroatoms. The second-order valence-corrected chi connectivity index (χ2v) is 5.60. The number of alkyl halides is 1. The van der Waals surface area contributed by atoms with Gasteiger partial charge in [0.15, 0.2) is 0 Å². The summed E-state index contributed by atoms with van der Waals surface area (Å²) in [5, 5.41) is 9.56. The lowest BCUT2D eigenvalue weighted by Crippen LogP contribution is -2.37. The highest BCUT2D eigenvalue weighted by molar-refractivity contribution is 9.09. The van der Waals surface area contributed by atoms with Crippen molar-refractivity contribution in [2.24, 2.45) is 0 Å². The molecular weight excluding hydrogens is 304 g/mol. The minimum absolute atomic E-state index is 0.477. The fourth-order valence-corrected chi connectivity index (χ4v) is 3.27. The van der Waals surface area contributed by atoms with Gasteiger partial charge in [-0.3, -0.25) is 0 Å². The first-order chi connectivity index (χ1) is 9.38. The zero-order valence-electron chi connectivity index (χ0n) is 10.8. The maximum atomic E-state index is 4.67. The molecule has 1 atom stereocenters. The molecule has 2 aromatic rings. The van der Waals surface area contributed by atoms with E-state index in [9.17, 15) is 0 Å². The van der Waals surface area contributed by atoms with Crippen molar-refractivity contribution in [2.45, 2.75) is 31.7 Å². The average Bonchev–Trinajstić information content (AvgIpc) is 2.72. The minimum atomic E-state index is 0.477. The summed E-state index contributed by atoms with van der Waals surface area (Å²) >= 11 is 3.62. The van der Waals surface area contributed by atoms with Gasteiger partial charge in [-0.25, -0.2) is 4.98 Å². The van der Waals surface area contributed by atoms with Gasteiger partial charge in [0.2, 0.25) is 5.95 Å². The molecule has 0 bridgehead atoms. The predicted octanol–water partition coefficient (Wildman–Crippen LogP) is 3.17. The van der Waals surface area contributed by atoms with Crippen LogP contribution in [0.4, 0.5) is 5.95 Å². The molecule has 1 fully saturated rings. The Labute approximate surface area is 121 Å². The molecule has 1 aliphatic rings. The van der Waals surface area contributed by atoms with E-state index in [1.807, 2.05) is 24.3 Å². The molecule has 1 aliphatic heterocycles. The SMILES string of the molecule is BrCC1CCCCCN1c1nnc2ccccc2n1. The normalized spacial score (nSPS) is 20.5. The molecule has 4 nitrogen and oxygen atoms in total. The minimum Gasteiger partial charge on any atom is -0.336 e. The van der Waals surface area contributed by atoms with E-state index in [1.165, 1.54) is 25.7 Å². The Hall–Kier alpha value is -1.23. The van der Waals surface area contributed by atoms with E-state index in [2.05, 4.69) is 36.0 Å². The van der Waals surface area contributed by atoms with Crippen molar-refractivity contribution in [3.05, 3.63) is 24.3 Å². The second kappa shape index (κ2) is 5.82. The van der Waals surface area contributed by atoms with Crippen LogP contribution in [0.2, 0.25) is 0 Å². The Morgan fingerprint density at radius 1 is 1.11 bits per heavy atom. The number of aromatic nitrogens is 3. The van der Waals surface area contributed by atoms with E-state index in [0.29, 0.717) is 6.04 Å². The zero-order chi connectivity index (χ0) is 13.1. The van der Waals surface area contributed by atoms with Crippen LogP contribution in [0.1, 0.15) is 25.7 Å². The monoisotopic (exact) mass is 320 g/mol. The maximum absolute atomic E-state index is 4.67. The van der Waals surface area contributed by atoms with Gasteiger partial charge in [-0.05, 0) is 25.0 Å². The third kappa shape index (κ3) is 2.71. The number of anilines is 1. The lowest BCUT2D eigenvalue weighted by Gasteiger charge is -2.28. The van der Waals surface area contributed by atoms with Crippen molar-refractivity contribution in [1.29, 1.82) is 0 Å². The first-order valence-electron chi connectivity index (χ1n) is 6.80. The van der Waals surface area contributed by atoms with E-state index >= 15 is 0 Å². The Bertz CT molecular complexity index is 560. The molecule has 1 saturated heterocycles. The van der Waals surface area contributed by atoms with Crippen LogP contribution in [0.15, 0.2) is 24.3 Å². The van der Waals surface area contributed by atoms with Crippen LogP contribution >= 0.6 is 15.9 Å². The molecular formula is C14H17BrN4. The molecule has 0 amide bonds. The summed E-state index contributed by atoms with van der Waals surface area (Å²) in [5.74, 6) is 0.769. The van der Waals surface area contributed by atoms with Gasteiger partial charge in [0.25, 0.3) is 0 Å². The van der Waals surface area contributed by atoms with Gasteiger partial charge in [0.05, 0.1) is 5.52 Å². The summed E-state index contributed by atoms with van der Waals surface area (Å²) in [6, 6.07) is 8.37. The molecule has 1 unspecified atom stereocenters. The highest BCUT2D eigenvalue weighted by Gasteiger charge is 2.22. The van der Waals surface area contributed by atoms with Gasteiger partial charge >= 0.3 is 0 Å². The quantitative estimate of drug-likeness (QED) is 0.797. The summed E-state index contributed by atoms with van der Waals surface area (Å²) in [5.41, 5.74) is 1.78. The number of benzene rings is 1. The third-order valence-electron chi connectivity index (χ3n) is 3.66. The van der Waals surface area contributed by atoms with E-state index in [4.69, 9.17) is 0 Å². The molecule has 0 saturated carbocycles. The van der Waals surface area contributed by atoms with Crippen LogP contribution in [0.5, 0.6) is 0 Å². The predicted molar refractivity (Wildman–Crippen MR) is 80.7 cm³/mol. The average molecular weight is 321 g/mol. The Balaban J connectivity index is 1.96. The van der Waals surface area contributed by atoms with E-state index in [-0.39, 0.29) is 0 Å². The third-order valence-corrected chi connectivity index (χ3v) is 4.41. The number of halogens is 1. The van der Waals surface area contributed by atoms with Crippen molar-refractivity contribution >= 4 is 32.9 Å². The van der Waals surface area contributed by atoms with Crippen molar-refractivity contribution in [2.75, 3.05) is 16.8 Å². The van der Waals surface area contributed by atoms with Gasteiger partial charge in [0, 0.05) is 17.9 Å². The summed E-state index contributed by atoms with van der Waals surface area (Å²) in [4.78, 5) is 6.98. The number of para-hydroxylation sites is 1. The number of nitrogens with zero attached hydrogens (tertiary/aromatic N) is 4. The molecule has 0 aliphatic carbocycles. The zero-order valence-corrected chi connectivity index (χ0v) is 12.4. The highest BCUT2D eigenvalue weighted by Crippen LogP contribution is 2.23. The smallest absolute Gasteiger partial charge is 0.246 e. The Morgan fingerprint density at radius 3 is 2.79 bits per heavy atom. The van der Waals surface area contributed by atoms with Crippen LogP contribution in [0.3, 0.4) is 0 Å². The van der Waals surface area contributed by atoms with Crippen molar-refractivity contribution in [3.8, 4) is 0 Å². The molecule has 1 aromatic carbocycles. The van der Waals surface area contributed by atoms with Crippen molar-refractivity contribution in [3.63, 3.8) is 0 Å². The Kier molecular flexibility index (Phi) is 3.92.